The Morgan fingerprint density at radius 1 is 1.05 bits per heavy atom. The highest BCUT2D eigenvalue weighted by atomic mass is 35.5. The van der Waals surface area contributed by atoms with Crippen LogP contribution in [0.2, 0.25) is 10.0 Å². The molecular weight excluding hydrogens is 315 g/mol. The molecule has 0 bridgehead atoms. The minimum atomic E-state index is -1.03. The third-order valence-electron chi connectivity index (χ3n) is 2.58. The normalized spacial score (nSPS) is 10.2. The van der Waals surface area contributed by atoms with Gasteiger partial charge in [0.15, 0.2) is 0 Å². The average Bonchev–Trinajstić information content (AvgIpc) is 2.45. The molecule has 21 heavy (non-hydrogen) atoms. The van der Waals surface area contributed by atoms with Crippen molar-refractivity contribution in [2.24, 2.45) is 0 Å². The first-order chi connectivity index (χ1) is 10.1. The van der Waals surface area contributed by atoms with Gasteiger partial charge in [-0.3, -0.25) is 0 Å². The van der Waals surface area contributed by atoms with Gasteiger partial charge in [0.25, 0.3) is 0 Å². The molecule has 0 saturated carbocycles. The van der Waals surface area contributed by atoms with Crippen LogP contribution < -0.4 is 9.47 Å². The summed E-state index contributed by atoms with van der Waals surface area (Å²) in [4.78, 5) is 10.8. The van der Waals surface area contributed by atoms with Crippen molar-refractivity contribution < 1.29 is 19.4 Å². The van der Waals surface area contributed by atoms with Crippen LogP contribution in [-0.4, -0.2) is 24.3 Å². The maximum atomic E-state index is 10.8. The van der Waals surface area contributed by atoms with Gasteiger partial charge in [-0.05, 0) is 36.4 Å². The summed E-state index contributed by atoms with van der Waals surface area (Å²) in [5.41, 5.74) is 0.113. The first-order valence-corrected chi connectivity index (χ1v) is 6.86. The number of hydrogen-bond acceptors (Lipinski definition) is 3. The maximum absolute atomic E-state index is 10.8. The van der Waals surface area contributed by atoms with E-state index in [2.05, 4.69) is 0 Å². The van der Waals surface area contributed by atoms with Gasteiger partial charge in [-0.2, -0.15) is 0 Å². The summed E-state index contributed by atoms with van der Waals surface area (Å²) in [5, 5.41) is 9.68. The van der Waals surface area contributed by atoms with E-state index in [4.69, 9.17) is 37.8 Å². The van der Waals surface area contributed by atoms with Crippen molar-refractivity contribution in [1.29, 1.82) is 0 Å². The lowest BCUT2D eigenvalue weighted by atomic mass is 10.2. The molecule has 110 valence electrons. The molecule has 4 nitrogen and oxygen atoms in total. The zero-order valence-electron chi connectivity index (χ0n) is 10.9. The molecule has 0 fully saturated rings. The summed E-state index contributed by atoms with van der Waals surface area (Å²) in [6.07, 6.45) is 0. The highest BCUT2D eigenvalue weighted by Gasteiger charge is 2.07. The Labute approximate surface area is 131 Å². The molecule has 0 aliphatic carbocycles. The van der Waals surface area contributed by atoms with E-state index in [0.717, 1.165) is 0 Å². The minimum Gasteiger partial charge on any atom is -0.490 e. The molecule has 0 aromatic heterocycles. The zero-order valence-corrected chi connectivity index (χ0v) is 12.4. The summed E-state index contributed by atoms with van der Waals surface area (Å²) in [7, 11) is 0. The van der Waals surface area contributed by atoms with Crippen molar-refractivity contribution in [1.82, 2.24) is 0 Å². The smallest absolute Gasteiger partial charge is 0.335 e. The number of carboxylic acid groups (broad SMARTS) is 1. The maximum Gasteiger partial charge on any atom is 0.335 e. The van der Waals surface area contributed by atoms with E-state index in [1.165, 1.54) is 18.2 Å². The number of halogens is 2. The molecule has 6 heteroatoms. The Morgan fingerprint density at radius 3 is 2.48 bits per heavy atom. The van der Waals surface area contributed by atoms with E-state index < -0.39 is 5.97 Å². The number of rotatable bonds is 6. The predicted octanol–water partition coefficient (Wildman–Crippen LogP) is 4.15. The van der Waals surface area contributed by atoms with Gasteiger partial charge in [-0.1, -0.05) is 29.3 Å². The molecule has 0 aliphatic rings. The second kappa shape index (κ2) is 7.20. The fourth-order valence-electron chi connectivity index (χ4n) is 1.62. The number of hydrogen-bond donors (Lipinski definition) is 1. The van der Waals surface area contributed by atoms with Gasteiger partial charge in [0.2, 0.25) is 0 Å². The summed E-state index contributed by atoms with van der Waals surface area (Å²) in [5.74, 6) is 0.0301. The largest absolute Gasteiger partial charge is 0.490 e. The highest BCUT2D eigenvalue weighted by molar-refractivity contribution is 6.32. The molecule has 0 saturated heterocycles. The van der Waals surface area contributed by atoms with Crippen LogP contribution in [0.5, 0.6) is 11.5 Å². The number of carboxylic acids is 1. The first kappa shape index (κ1) is 15.5. The van der Waals surface area contributed by atoms with Crippen LogP contribution in [-0.2, 0) is 0 Å². The fraction of sp³-hybridized carbons (Fsp3) is 0.133. The van der Waals surface area contributed by atoms with Crippen LogP contribution >= 0.6 is 23.2 Å². The van der Waals surface area contributed by atoms with Crippen LogP contribution in [0.1, 0.15) is 10.4 Å². The number of benzene rings is 2. The number of carbonyl (C=O) groups is 1. The summed E-state index contributed by atoms with van der Waals surface area (Å²) in [6, 6.07) is 11.3. The molecule has 0 aliphatic heterocycles. The molecule has 0 radical (unpaired) electrons. The molecule has 1 N–H and O–H groups in total. The number of ether oxygens (including phenoxy) is 2. The average molecular weight is 327 g/mol. The van der Waals surface area contributed by atoms with Gasteiger partial charge in [0.05, 0.1) is 10.6 Å². The van der Waals surface area contributed by atoms with Gasteiger partial charge < -0.3 is 14.6 Å². The van der Waals surface area contributed by atoms with E-state index in [0.29, 0.717) is 23.1 Å². The van der Waals surface area contributed by atoms with Crippen molar-refractivity contribution in [2.45, 2.75) is 0 Å². The van der Waals surface area contributed by atoms with Crippen molar-refractivity contribution in [3.8, 4) is 11.5 Å². The highest BCUT2D eigenvalue weighted by Crippen LogP contribution is 2.25. The first-order valence-electron chi connectivity index (χ1n) is 6.10. The van der Waals surface area contributed by atoms with Crippen molar-refractivity contribution in [2.75, 3.05) is 13.2 Å². The molecular formula is C15H12Cl2O4. The fourth-order valence-corrected chi connectivity index (χ4v) is 2.03. The zero-order chi connectivity index (χ0) is 15.2. The second-order valence-corrected chi connectivity index (χ2v) is 4.95. The van der Waals surface area contributed by atoms with Gasteiger partial charge in [0.1, 0.15) is 24.7 Å². The summed E-state index contributed by atoms with van der Waals surface area (Å²) < 4.78 is 10.9. The Morgan fingerprint density at radius 2 is 1.81 bits per heavy atom. The van der Waals surface area contributed by atoms with E-state index in [1.54, 1.807) is 24.3 Å². The van der Waals surface area contributed by atoms with E-state index in [-0.39, 0.29) is 17.2 Å². The minimum absolute atomic E-state index is 0.113. The lowest BCUT2D eigenvalue weighted by Crippen LogP contribution is -2.09. The Kier molecular flexibility index (Phi) is 5.31. The van der Waals surface area contributed by atoms with Gasteiger partial charge >= 0.3 is 5.97 Å². The number of aromatic carboxylic acids is 1. The van der Waals surface area contributed by atoms with Crippen LogP contribution in [0.4, 0.5) is 0 Å². The van der Waals surface area contributed by atoms with Crippen LogP contribution in [0.25, 0.3) is 0 Å². The molecule has 0 amide bonds. The van der Waals surface area contributed by atoms with E-state index in [9.17, 15) is 4.79 Å². The lowest BCUT2D eigenvalue weighted by Gasteiger charge is -2.10. The van der Waals surface area contributed by atoms with Crippen LogP contribution in [0.15, 0.2) is 42.5 Å². The summed E-state index contributed by atoms with van der Waals surface area (Å²) >= 11 is 11.8. The lowest BCUT2D eigenvalue weighted by molar-refractivity contribution is 0.0697. The topological polar surface area (TPSA) is 55.8 Å². The van der Waals surface area contributed by atoms with Crippen LogP contribution in [0.3, 0.4) is 0 Å². The second-order valence-electron chi connectivity index (χ2n) is 4.10. The van der Waals surface area contributed by atoms with Crippen molar-refractivity contribution >= 4 is 29.2 Å². The Bertz CT molecular complexity index is 643. The monoisotopic (exact) mass is 326 g/mol. The molecule has 2 aromatic carbocycles. The molecule has 0 spiro atoms. The SMILES string of the molecule is O=C(O)c1ccc(OCCOc2cccc(Cl)c2)c(Cl)c1. The van der Waals surface area contributed by atoms with Gasteiger partial charge in [-0.15, -0.1) is 0 Å². The summed E-state index contributed by atoms with van der Waals surface area (Å²) in [6.45, 7) is 0.593. The Balaban J connectivity index is 1.85. The molecule has 0 atom stereocenters. The molecule has 0 unspecified atom stereocenters. The predicted molar refractivity (Wildman–Crippen MR) is 80.9 cm³/mol. The Hall–Kier alpha value is -1.91. The van der Waals surface area contributed by atoms with Gasteiger partial charge in [0, 0.05) is 5.02 Å². The molecule has 0 heterocycles. The van der Waals surface area contributed by atoms with Gasteiger partial charge in [-0.25, -0.2) is 4.79 Å². The molecule has 2 aromatic rings. The van der Waals surface area contributed by atoms with E-state index in [1.807, 2.05) is 0 Å². The van der Waals surface area contributed by atoms with Crippen molar-refractivity contribution in [3.05, 3.63) is 58.1 Å². The van der Waals surface area contributed by atoms with Crippen molar-refractivity contribution in [3.63, 3.8) is 0 Å². The van der Waals surface area contributed by atoms with Crippen LogP contribution in [0, 0.1) is 0 Å². The quantitative estimate of drug-likeness (QED) is 0.810. The third-order valence-corrected chi connectivity index (χ3v) is 3.12. The molecule has 2 rings (SSSR count). The van der Waals surface area contributed by atoms with E-state index >= 15 is 0 Å². The third kappa shape index (κ3) is 4.55. The standard InChI is InChI=1S/C15H12Cl2O4/c16-11-2-1-3-12(9-11)20-6-7-21-14-5-4-10(15(18)19)8-13(14)17/h1-5,8-9H,6-7H2,(H,18,19).